The number of fused-ring (bicyclic) bond motifs is 1. The number of benzene rings is 1. The Kier molecular flexibility index (Phi) is 7.03. The van der Waals surface area contributed by atoms with Crippen molar-refractivity contribution < 1.29 is 33.0 Å². The van der Waals surface area contributed by atoms with Crippen LogP contribution >= 0.6 is 0 Å². The minimum absolute atomic E-state index is 0.0809. The predicted octanol–water partition coefficient (Wildman–Crippen LogP) is 0.908. The van der Waals surface area contributed by atoms with Gasteiger partial charge in [-0.05, 0) is 49.1 Å². The van der Waals surface area contributed by atoms with Crippen molar-refractivity contribution in [3.63, 3.8) is 0 Å². The Morgan fingerprint density at radius 2 is 1.93 bits per heavy atom. The molecule has 2 aliphatic heterocycles. The Hall–Kier alpha value is -2.33. The van der Waals surface area contributed by atoms with E-state index < -0.39 is 12.1 Å². The number of aromatic hydroxyl groups is 1. The fourth-order valence-electron chi connectivity index (χ4n) is 2.96. The van der Waals surface area contributed by atoms with Crippen molar-refractivity contribution >= 4 is 11.9 Å². The molecule has 0 radical (unpaired) electrons. The number of carbonyl (C=O) groups is 2. The minimum Gasteiger partial charge on any atom is -0.508 e. The van der Waals surface area contributed by atoms with Crippen LogP contribution in [0.4, 0.5) is 13.2 Å². The second kappa shape index (κ2) is 9.05. The maximum absolute atomic E-state index is 12.3. The molecule has 1 amide bonds. The van der Waals surface area contributed by atoms with E-state index >= 15 is 0 Å². The van der Waals surface area contributed by atoms with Crippen LogP contribution in [0.1, 0.15) is 24.0 Å². The molecule has 2 aliphatic rings. The van der Waals surface area contributed by atoms with Crippen molar-refractivity contribution in [2.24, 2.45) is 0 Å². The van der Waals surface area contributed by atoms with Crippen LogP contribution in [0.3, 0.4) is 0 Å². The maximum Gasteiger partial charge on any atom is 0.490 e. The number of halogens is 3. The van der Waals surface area contributed by atoms with Crippen LogP contribution in [0.25, 0.3) is 0 Å². The fourth-order valence-corrected chi connectivity index (χ4v) is 2.96. The Bertz CT molecular complexity index is 676. The van der Waals surface area contributed by atoms with E-state index in [1.165, 1.54) is 0 Å². The third kappa shape index (κ3) is 6.40. The maximum atomic E-state index is 12.3. The van der Waals surface area contributed by atoms with Crippen molar-refractivity contribution in [1.82, 2.24) is 16.0 Å². The van der Waals surface area contributed by atoms with Gasteiger partial charge in [0.2, 0.25) is 5.91 Å². The molecule has 1 aromatic rings. The van der Waals surface area contributed by atoms with Gasteiger partial charge >= 0.3 is 12.1 Å². The SMILES string of the molecule is O=C(N[C@@H]1CCCNC1)[C@@H]1Cc2ccc(O)cc2CN1.O=C(O)C(F)(F)F. The molecule has 0 spiro atoms. The number of hydrogen-bond donors (Lipinski definition) is 5. The van der Waals surface area contributed by atoms with Crippen LogP contribution in [0.5, 0.6) is 5.75 Å². The number of phenols is 1. The summed E-state index contributed by atoms with van der Waals surface area (Å²) in [5, 5.41) is 26.3. The summed E-state index contributed by atoms with van der Waals surface area (Å²) >= 11 is 0. The zero-order valence-corrected chi connectivity index (χ0v) is 14.5. The summed E-state index contributed by atoms with van der Waals surface area (Å²) in [6.45, 7) is 2.54. The highest BCUT2D eigenvalue weighted by Crippen LogP contribution is 2.21. The van der Waals surface area contributed by atoms with Crippen molar-refractivity contribution in [3.8, 4) is 5.75 Å². The number of hydrogen-bond acceptors (Lipinski definition) is 5. The second-order valence-corrected chi connectivity index (χ2v) is 6.45. The van der Waals surface area contributed by atoms with Crippen molar-refractivity contribution in [2.45, 2.75) is 44.1 Å². The smallest absolute Gasteiger partial charge is 0.490 e. The molecule has 1 fully saturated rings. The second-order valence-electron chi connectivity index (χ2n) is 6.45. The van der Waals surface area contributed by atoms with Gasteiger partial charge in [-0.2, -0.15) is 13.2 Å². The monoisotopic (exact) mass is 389 g/mol. The molecule has 0 aliphatic carbocycles. The molecule has 0 saturated carbocycles. The average molecular weight is 389 g/mol. The van der Waals surface area contributed by atoms with Crippen LogP contribution in [0.2, 0.25) is 0 Å². The normalized spacial score (nSPS) is 22.0. The van der Waals surface area contributed by atoms with Gasteiger partial charge in [0.1, 0.15) is 5.75 Å². The summed E-state index contributed by atoms with van der Waals surface area (Å²) in [5.41, 5.74) is 2.22. The van der Waals surface area contributed by atoms with Crippen LogP contribution in [-0.4, -0.2) is 53.4 Å². The van der Waals surface area contributed by atoms with E-state index in [0.29, 0.717) is 13.0 Å². The van der Waals surface area contributed by atoms with Crippen LogP contribution in [-0.2, 0) is 22.6 Å². The lowest BCUT2D eigenvalue weighted by atomic mass is 9.95. The number of nitrogens with one attached hydrogen (secondary N) is 3. The molecular weight excluding hydrogens is 367 g/mol. The standard InChI is InChI=1S/C15H21N3O2.C2HF3O2/c19-13-4-3-10-7-14(17-8-11(10)6-13)15(20)18-12-2-1-5-16-9-12;3-2(4,5)1(6)7/h3-4,6,12,14,16-17,19H,1-2,5,7-9H2,(H,18,20);(H,6,7)/t12-,14+;/m1./s1. The fraction of sp³-hybridized carbons (Fsp3) is 0.529. The highest BCUT2D eigenvalue weighted by molar-refractivity contribution is 5.82. The molecule has 10 heteroatoms. The highest BCUT2D eigenvalue weighted by Gasteiger charge is 2.38. The van der Waals surface area contributed by atoms with Crippen molar-refractivity contribution in [1.29, 1.82) is 0 Å². The first-order valence-corrected chi connectivity index (χ1v) is 8.52. The molecule has 3 rings (SSSR count). The first-order valence-electron chi connectivity index (χ1n) is 8.52. The van der Waals surface area contributed by atoms with Crippen molar-refractivity contribution in [2.75, 3.05) is 13.1 Å². The lowest BCUT2D eigenvalue weighted by Gasteiger charge is -2.29. The summed E-state index contributed by atoms with van der Waals surface area (Å²) in [7, 11) is 0. The first kappa shape index (κ1) is 21.0. The van der Waals surface area contributed by atoms with Gasteiger partial charge in [-0.15, -0.1) is 0 Å². The zero-order chi connectivity index (χ0) is 20.0. The number of alkyl halides is 3. The van der Waals surface area contributed by atoms with Gasteiger partial charge in [-0.1, -0.05) is 6.07 Å². The van der Waals surface area contributed by atoms with E-state index in [0.717, 1.165) is 37.1 Å². The van der Waals surface area contributed by atoms with E-state index in [1.807, 2.05) is 6.07 Å². The van der Waals surface area contributed by atoms with Gasteiger partial charge in [-0.25, -0.2) is 4.79 Å². The minimum atomic E-state index is -5.08. The molecule has 2 heterocycles. The number of rotatable bonds is 2. The number of aliphatic carboxylic acids is 1. The van der Waals surface area contributed by atoms with Gasteiger partial charge < -0.3 is 26.2 Å². The largest absolute Gasteiger partial charge is 0.508 e. The topological polar surface area (TPSA) is 111 Å². The predicted molar refractivity (Wildman–Crippen MR) is 90.2 cm³/mol. The van der Waals surface area contributed by atoms with E-state index in [9.17, 15) is 23.1 Å². The van der Waals surface area contributed by atoms with Gasteiger partial charge in [0.25, 0.3) is 0 Å². The zero-order valence-electron chi connectivity index (χ0n) is 14.5. The molecule has 5 N–H and O–H groups in total. The van der Waals surface area contributed by atoms with Gasteiger partial charge in [-0.3, -0.25) is 4.79 Å². The number of amides is 1. The van der Waals surface area contributed by atoms with E-state index in [4.69, 9.17) is 9.90 Å². The summed E-state index contributed by atoms with van der Waals surface area (Å²) in [4.78, 5) is 21.2. The van der Waals surface area contributed by atoms with Gasteiger partial charge in [0, 0.05) is 19.1 Å². The summed E-state index contributed by atoms with van der Waals surface area (Å²) in [6.07, 6.45) is -2.23. The molecule has 1 saturated heterocycles. The number of carbonyl (C=O) groups excluding carboxylic acids is 1. The number of piperidine rings is 1. The summed E-state index contributed by atoms with van der Waals surface area (Å²) in [5.74, 6) is -2.40. The molecule has 7 nitrogen and oxygen atoms in total. The highest BCUT2D eigenvalue weighted by atomic mass is 19.4. The molecule has 27 heavy (non-hydrogen) atoms. The van der Waals surface area contributed by atoms with E-state index in [1.54, 1.807) is 12.1 Å². The average Bonchev–Trinajstić information content (AvgIpc) is 2.61. The number of carboxylic acids is 1. The third-order valence-electron chi connectivity index (χ3n) is 4.36. The lowest BCUT2D eigenvalue weighted by molar-refractivity contribution is -0.192. The Balaban J connectivity index is 0.000000321. The van der Waals surface area contributed by atoms with Crippen LogP contribution < -0.4 is 16.0 Å². The molecule has 150 valence electrons. The van der Waals surface area contributed by atoms with Gasteiger partial charge in [0.15, 0.2) is 0 Å². The Morgan fingerprint density at radius 3 is 2.52 bits per heavy atom. The molecular formula is C17H22F3N3O4. The first-order chi connectivity index (χ1) is 12.7. The summed E-state index contributed by atoms with van der Waals surface area (Å²) in [6, 6.07) is 5.44. The molecule has 0 bridgehead atoms. The Morgan fingerprint density at radius 1 is 1.22 bits per heavy atom. The van der Waals surface area contributed by atoms with E-state index in [2.05, 4.69) is 16.0 Å². The van der Waals surface area contributed by atoms with Crippen LogP contribution in [0, 0.1) is 0 Å². The molecule has 2 atom stereocenters. The molecule has 1 aromatic carbocycles. The summed E-state index contributed by atoms with van der Waals surface area (Å²) < 4.78 is 31.7. The Labute approximate surface area is 153 Å². The van der Waals surface area contributed by atoms with Crippen molar-refractivity contribution in [3.05, 3.63) is 29.3 Å². The van der Waals surface area contributed by atoms with E-state index in [-0.39, 0.29) is 23.7 Å². The van der Waals surface area contributed by atoms with Crippen LogP contribution in [0.15, 0.2) is 18.2 Å². The molecule has 0 unspecified atom stereocenters. The molecule has 0 aromatic heterocycles. The number of phenolic OH excluding ortho intramolecular Hbond substituents is 1. The quantitative estimate of drug-likeness (QED) is 0.514. The lowest BCUT2D eigenvalue weighted by Crippen LogP contribution is -2.53. The third-order valence-corrected chi connectivity index (χ3v) is 4.36. The van der Waals surface area contributed by atoms with Gasteiger partial charge in [0.05, 0.1) is 6.04 Å². The number of carboxylic acid groups (broad SMARTS) is 1.